The molecule has 0 aliphatic carbocycles. The summed E-state index contributed by atoms with van der Waals surface area (Å²) in [6.07, 6.45) is 3.19. The van der Waals surface area contributed by atoms with Gasteiger partial charge in [-0.25, -0.2) is 9.97 Å². The predicted octanol–water partition coefficient (Wildman–Crippen LogP) is 0.566. The molecule has 1 aromatic heterocycles. The van der Waals surface area contributed by atoms with Crippen molar-refractivity contribution in [2.24, 2.45) is 0 Å². The first-order valence-electron chi connectivity index (χ1n) is 5.35. The van der Waals surface area contributed by atoms with Crippen LogP contribution in [0.15, 0.2) is 12.4 Å². The van der Waals surface area contributed by atoms with E-state index in [1.54, 1.807) is 26.2 Å². The lowest BCUT2D eigenvalue weighted by molar-refractivity contribution is 0.0872. The van der Waals surface area contributed by atoms with Gasteiger partial charge < -0.3 is 15.1 Å². The normalized spacial score (nSPS) is 11.6. The molecule has 2 N–H and O–H groups in total. The van der Waals surface area contributed by atoms with E-state index in [9.17, 15) is 5.11 Å². The Labute approximate surface area is 95.8 Å². The van der Waals surface area contributed by atoms with Gasteiger partial charge in [-0.2, -0.15) is 0 Å². The number of aromatic nitrogens is 2. The second-order valence-corrected chi connectivity index (χ2v) is 4.38. The highest BCUT2D eigenvalue weighted by Crippen LogP contribution is 2.11. The van der Waals surface area contributed by atoms with Crippen molar-refractivity contribution >= 4 is 5.95 Å². The summed E-state index contributed by atoms with van der Waals surface area (Å²) in [5, 5.41) is 18.6. The number of aliphatic hydroxyl groups is 2. The molecule has 5 heteroatoms. The molecule has 0 aromatic carbocycles. The topological polar surface area (TPSA) is 69.5 Å². The van der Waals surface area contributed by atoms with E-state index < -0.39 is 5.60 Å². The second-order valence-electron chi connectivity index (χ2n) is 4.38. The van der Waals surface area contributed by atoms with Crippen LogP contribution in [0.1, 0.15) is 26.3 Å². The first-order valence-corrected chi connectivity index (χ1v) is 5.35. The lowest BCUT2D eigenvalue weighted by Gasteiger charge is -2.27. The standard InChI is InChI=1S/C11H19N3O2/c1-4-14(8-11(2,3)16)10-12-5-9(7-15)6-13-10/h5-6,15-16H,4,7-8H2,1-3H3. The van der Waals surface area contributed by atoms with E-state index >= 15 is 0 Å². The fourth-order valence-electron chi connectivity index (χ4n) is 1.38. The van der Waals surface area contributed by atoms with Crippen LogP contribution in [0.5, 0.6) is 0 Å². The van der Waals surface area contributed by atoms with Gasteiger partial charge in [0, 0.05) is 31.0 Å². The fraction of sp³-hybridized carbons (Fsp3) is 0.636. The van der Waals surface area contributed by atoms with Gasteiger partial charge in [0.15, 0.2) is 0 Å². The lowest BCUT2D eigenvalue weighted by atomic mass is 10.1. The molecule has 1 aromatic rings. The van der Waals surface area contributed by atoms with Crippen LogP contribution in [0.2, 0.25) is 0 Å². The second kappa shape index (κ2) is 5.23. The van der Waals surface area contributed by atoms with Gasteiger partial charge in [-0.05, 0) is 20.8 Å². The molecule has 0 aliphatic rings. The maximum Gasteiger partial charge on any atom is 0.225 e. The molecule has 1 heterocycles. The molecule has 0 spiro atoms. The maximum absolute atomic E-state index is 9.74. The van der Waals surface area contributed by atoms with E-state index in [-0.39, 0.29) is 6.61 Å². The van der Waals surface area contributed by atoms with Crippen molar-refractivity contribution in [3.63, 3.8) is 0 Å². The Bertz CT molecular complexity index is 319. The summed E-state index contributed by atoms with van der Waals surface area (Å²) < 4.78 is 0. The molecule has 16 heavy (non-hydrogen) atoms. The van der Waals surface area contributed by atoms with Crippen LogP contribution in [-0.4, -0.2) is 38.9 Å². The van der Waals surface area contributed by atoms with Crippen molar-refractivity contribution in [3.05, 3.63) is 18.0 Å². The Kier molecular flexibility index (Phi) is 4.20. The smallest absolute Gasteiger partial charge is 0.225 e. The molecule has 0 unspecified atom stereocenters. The zero-order valence-electron chi connectivity index (χ0n) is 10.0. The number of anilines is 1. The first kappa shape index (κ1) is 12.9. The molecule has 0 bridgehead atoms. The van der Waals surface area contributed by atoms with Crippen molar-refractivity contribution in [1.82, 2.24) is 9.97 Å². The Morgan fingerprint density at radius 1 is 1.31 bits per heavy atom. The summed E-state index contributed by atoms with van der Waals surface area (Å²) in [6.45, 7) is 6.62. The Hall–Kier alpha value is -1.20. The number of hydrogen-bond donors (Lipinski definition) is 2. The molecule has 0 amide bonds. The van der Waals surface area contributed by atoms with E-state index in [1.165, 1.54) is 0 Å². The number of likely N-dealkylation sites (N-methyl/N-ethyl adjacent to an activating group) is 1. The third kappa shape index (κ3) is 3.75. The van der Waals surface area contributed by atoms with Crippen molar-refractivity contribution in [2.75, 3.05) is 18.0 Å². The van der Waals surface area contributed by atoms with Crippen LogP contribution in [0, 0.1) is 0 Å². The van der Waals surface area contributed by atoms with Crippen LogP contribution in [-0.2, 0) is 6.61 Å². The van der Waals surface area contributed by atoms with Crippen molar-refractivity contribution in [1.29, 1.82) is 0 Å². The number of rotatable bonds is 5. The molecule has 0 saturated heterocycles. The molecule has 0 saturated carbocycles. The van der Waals surface area contributed by atoms with E-state index in [0.717, 1.165) is 6.54 Å². The highest BCUT2D eigenvalue weighted by Gasteiger charge is 2.18. The third-order valence-electron chi connectivity index (χ3n) is 2.12. The molecular weight excluding hydrogens is 206 g/mol. The third-order valence-corrected chi connectivity index (χ3v) is 2.12. The van der Waals surface area contributed by atoms with Gasteiger partial charge >= 0.3 is 0 Å². The Balaban J connectivity index is 2.79. The summed E-state index contributed by atoms with van der Waals surface area (Å²) in [5.41, 5.74) is -0.0993. The van der Waals surface area contributed by atoms with Gasteiger partial charge in [-0.15, -0.1) is 0 Å². The molecule has 0 aliphatic heterocycles. The molecule has 0 radical (unpaired) electrons. The number of aliphatic hydroxyl groups excluding tert-OH is 1. The molecule has 1 rings (SSSR count). The van der Waals surface area contributed by atoms with Gasteiger partial charge in [-0.3, -0.25) is 0 Å². The maximum atomic E-state index is 9.74. The van der Waals surface area contributed by atoms with E-state index in [1.807, 2.05) is 11.8 Å². The molecule has 90 valence electrons. The number of nitrogens with zero attached hydrogens (tertiary/aromatic N) is 3. The zero-order chi connectivity index (χ0) is 12.2. The average molecular weight is 225 g/mol. The summed E-state index contributed by atoms with van der Waals surface area (Å²) in [6, 6.07) is 0. The molecule has 5 nitrogen and oxygen atoms in total. The van der Waals surface area contributed by atoms with Gasteiger partial charge in [0.2, 0.25) is 5.95 Å². The fourth-order valence-corrected chi connectivity index (χ4v) is 1.38. The van der Waals surface area contributed by atoms with Crippen LogP contribution < -0.4 is 4.90 Å². The molecule has 0 atom stereocenters. The quantitative estimate of drug-likeness (QED) is 0.766. The van der Waals surface area contributed by atoms with Crippen LogP contribution in [0.3, 0.4) is 0 Å². The Morgan fingerprint density at radius 3 is 2.25 bits per heavy atom. The van der Waals surface area contributed by atoms with Gasteiger partial charge in [-0.1, -0.05) is 0 Å². The van der Waals surface area contributed by atoms with Crippen LogP contribution >= 0.6 is 0 Å². The van der Waals surface area contributed by atoms with Crippen molar-refractivity contribution in [2.45, 2.75) is 33.0 Å². The summed E-state index contributed by atoms with van der Waals surface area (Å²) in [4.78, 5) is 10.2. The number of hydrogen-bond acceptors (Lipinski definition) is 5. The first-order chi connectivity index (χ1) is 7.46. The monoisotopic (exact) mass is 225 g/mol. The van der Waals surface area contributed by atoms with E-state index in [0.29, 0.717) is 18.1 Å². The minimum Gasteiger partial charge on any atom is -0.392 e. The van der Waals surface area contributed by atoms with Gasteiger partial charge in [0.25, 0.3) is 0 Å². The largest absolute Gasteiger partial charge is 0.392 e. The minimum absolute atomic E-state index is 0.0576. The zero-order valence-corrected chi connectivity index (χ0v) is 10.0. The summed E-state index contributed by atoms with van der Waals surface area (Å²) in [5.74, 6) is 0.571. The van der Waals surface area contributed by atoms with Gasteiger partial charge in [0.05, 0.1) is 12.2 Å². The molecular formula is C11H19N3O2. The lowest BCUT2D eigenvalue weighted by Crippen LogP contribution is -2.39. The summed E-state index contributed by atoms with van der Waals surface area (Å²) in [7, 11) is 0. The van der Waals surface area contributed by atoms with E-state index in [4.69, 9.17) is 5.11 Å². The minimum atomic E-state index is -0.783. The Morgan fingerprint density at radius 2 is 1.88 bits per heavy atom. The van der Waals surface area contributed by atoms with Crippen molar-refractivity contribution < 1.29 is 10.2 Å². The van der Waals surface area contributed by atoms with Crippen LogP contribution in [0.25, 0.3) is 0 Å². The summed E-state index contributed by atoms with van der Waals surface area (Å²) >= 11 is 0. The average Bonchev–Trinajstić information content (AvgIpc) is 2.25. The highest BCUT2D eigenvalue weighted by molar-refractivity contribution is 5.30. The van der Waals surface area contributed by atoms with Gasteiger partial charge in [0.1, 0.15) is 0 Å². The highest BCUT2D eigenvalue weighted by atomic mass is 16.3. The SMILES string of the molecule is CCN(CC(C)(C)O)c1ncc(CO)cn1. The molecule has 0 fully saturated rings. The van der Waals surface area contributed by atoms with Crippen LogP contribution in [0.4, 0.5) is 5.95 Å². The van der Waals surface area contributed by atoms with Crippen molar-refractivity contribution in [3.8, 4) is 0 Å². The predicted molar refractivity (Wildman–Crippen MR) is 62.1 cm³/mol. The van der Waals surface area contributed by atoms with E-state index in [2.05, 4.69) is 9.97 Å².